The van der Waals surface area contributed by atoms with Gasteiger partial charge in [0.1, 0.15) is 0 Å². The van der Waals surface area contributed by atoms with Crippen molar-refractivity contribution in [1.82, 2.24) is 4.90 Å². The molecule has 0 aromatic heterocycles. The first-order valence-electron chi connectivity index (χ1n) is 7.25. The Morgan fingerprint density at radius 3 is 2.74 bits per heavy atom. The predicted molar refractivity (Wildman–Crippen MR) is 75.7 cm³/mol. The summed E-state index contributed by atoms with van der Waals surface area (Å²) in [7, 11) is 0. The Kier molecular flexibility index (Phi) is 4.97. The molecular weight excluding hydrogens is 238 g/mol. The fraction of sp³-hybridized carbons (Fsp3) is 0.562. The maximum Gasteiger partial charge on any atom is 0.223 e. The zero-order valence-corrected chi connectivity index (χ0v) is 11.6. The summed E-state index contributed by atoms with van der Waals surface area (Å²) in [6.45, 7) is 2.17. The molecule has 0 saturated carbocycles. The summed E-state index contributed by atoms with van der Waals surface area (Å²) in [6.07, 6.45) is 4.89. The number of hydrogen-bond donors (Lipinski definition) is 1. The molecule has 1 aromatic rings. The molecule has 2 rings (SSSR count). The summed E-state index contributed by atoms with van der Waals surface area (Å²) in [5.41, 5.74) is 1.03. The Labute approximate surface area is 115 Å². The van der Waals surface area contributed by atoms with Gasteiger partial charge < -0.3 is 10.0 Å². The number of aliphatic hydroxyl groups is 1. The number of hydrogen-bond acceptors (Lipinski definition) is 2. The van der Waals surface area contributed by atoms with Crippen LogP contribution in [0.2, 0.25) is 0 Å². The first kappa shape index (κ1) is 14.1. The standard InChI is InChI=1S/C16H23NO2/c1-2-3-9-14-10-11-16(19)17(14)15(12-18)13-7-5-4-6-8-13/h4-8,14-15,18H,2-3,9-12H2,1H3/t14-,15+/m1/s1. The van der Waals surface area contributed by atoms with Crippen molar-refractivity contribution in [3.63, 3.8) is 0 Å². The smallest absolute Gasteiger partial charge is 0.223 e. The maximum absolute atomic E-state index is 12.1. The molecule has 1 aromatic carbocycles. The minimum Gasteiger partial charge on any atom is -0.394 e. The lowest BCUT2D eigenvalue weighted by Crippen LogP contribution is -2.38. The molecule has 2 atom stereocenters. The minimum absolute atomic E-state index is 0.00161. The molecule has 0 radical (unpaired) electrons. The molecule has 1 heterocycles. The highest BCUT2D eigenvalue weighted by Crippen LogP contribution is 2.32. The number of nitrogens with zero attached hydrogens (tertiary/aromatic N) is 1. The molecule has 3 nitrogen and oxygen atoms in total. The van der Waals surface area contributed by atoms with E-state index in [4.69, 9.17) is 0 Å². The molecule has 1 fully saturated rings. The third-order valence-electron chi connectivity index (χ3n) is 3.96. The van der Waals surface area contributed by atoms with Crippen LogP contribution >= 0.6 is 0 Å². The predicted octanol–water partition coefficient (Wildman–Crippen LogP) is 2.90. The van der Waals surface area contributed by atoms with E-state index in [1.807, 2.05) is 35.2 Å². The van der Waals surface area contributed by atoms with Crippen molar-refractivity contribution in [1.29, 1.82) is 0 Å². The van der Waals surface area contributed by atoms with Crippen molar-refractivity contribution >= 4 is 5.91 Å². The van der Waals surface area contributed by atoms with Crippen LogP contribution in [-0.4, -0.2) is 28.6 Å². The van der Waals surface area contributed by atoms with Crippen LogP contribution in [0.15, 0.2) is 30.3 Å². The number of rotatable bonds is 6. The topological polar surface area (TPSA) is 40.5 Å². The number of carbonyl (C=O) groups is 1. The maximum atomic E-state index is 12.1. The van der Waals surface area contributed by atoms with Crippen molar-refractivity contribution in [2.45, 2.75) is 51.1 Å². The number of unbranched alkanes of at least 4 members (excludes halogenated alkanes) is 1. The van der Waals surface area contributed by atoms with Crippen LogP contribution in [0.4, 0.5) is 0 Å². The van der Waals surface area contributed by atoms with Crippen LogP contribution in [0.3, 0.4) is 0 Å². The van der Waals surface area contributed by atoms with E-state index in [9.17, 15) is 9.90 Å². The van der Waals surface area contributed by atoms with Gasteiger partial charge in [0.2, 0.25) is 5.91 Å². The van der Waals surface area contributed by atoms with E-state index >= 15 is 0 Å². The highest BCUT2D eigenvalue weighted by Gasteiger charge is 2.35. The Morgan fingerprint density at radius 2 is 2.11 bits per heavy atom. The van der Waals surface area contributed by atoms with Gasteiger partial charge in [-0.05, 0) is 18.4 Å². The minimum atomic E-state index is -0.182. The van der Waals surface area contributed by atoms with Gasteiger partial charge in [0.15, 0.2) is 0 Å². The van der Waals surface area contributed by atoms with Gasteiger partial charge in [0.05, 0.1) is 12.6 Å². The lowest BCUT2D eigenvalue weighted by molar-refractivity contribution is -0.132. The molecule has 1 N–H and O–H groups in total. The highest BCUT2D eigenvalue weighted by molar-refractivity contribution is 5.79. The second-order valence-electron chi connectivity index (χ2n) is 5.24. The normalized spacial score (nSPS) is 20.8. The molecule has 19 heavy (non-hydrogen) atoms. The summed E-state index contributed by atoms with van der Waals surface area (Å²) < 4.78 is 0. The van der Waals surface area contributed by atoms with Crippen LogP contribution in [0.5, 0.6) is 0 Å². The van der Waals surface area contributed by atoms with E-state index < -0.39 is 0 Å². The lowest BCUT2D eigenvalue weighted by Gasteiger charge is -2.32. The number of benzene rings is 1. The first-order chi connectivity index (χ1) is 9.27. The molecule has 1 aliphatic heterocycles. The molecule has 0 aliphatic carbocycles. The monoisotopic (exact) mass is 261 g/mol. The van der Waals surface area contributed by atoms with Gasteiger partial charge in [-0.25, -0.2) is 0 Å². The molecule has 0 bridgehead atoms. The van der Waals surface area contributed by atoms with Gasteiger partial charge in [-0.2, -0.15) is 0 Å². The average Bonchev–Trinajstić information content (AvgIpc) is 2.80. The van der Waals surface area contributed by atoms with Gasteiger partial charge in [-0.15, -0.1) is 0 Å². The summed E-state index contributed by atoms with van der Waals surface area (Å²) in [5.74, 6) is 0.184. The van der Waals surface area contributed by atoms with Crippen LogP contribution < -0.4 is 0 Å². The van der Waals surface area contributed by atoms with Gasteiger partial charge in [0.25, 0.3) is 0 Å². The van der Waals surface area contributed by atoms with Gasteiger partial charge in [-0.1, -0.05) is 50.1 Å². The molecule has 1 amide bonds. The summed E-state index contributed by atoms with van der Waals surface area (Å²) in [4.78, 5) is 14.1. The molecule has 0 spiro atoms. The molecule has 104 valence electrons. The van der Waals surface area contributed by atoms with Crippen LogP contribution in [0.1, 0.15) is 50.6 Å². The molecule has 1 saturated heterocycles. The third-order valence-corrected chi connectivity index (χ3v) is 3.96. The molecule has 0 unspecified atom stereocenters. The van der Waals surface area contributed by atoms with E-state index in [2.05, 4.69) is 6.92 Å². The SMILES string of the molecule is CCCC[C@@H]1CCC(=O)N1[C@@H](CO)c1ccccc1. The van der Waals surface area contributed by atoms with Crippen LogP contribution in [-0.2, 0) is 4.79 Å². The van der Waals surface area contributed by atoms with Gasteiger partial charge in [-0.3, -0.25) is 4.79 Å². The third kappa shape index (κ3) is 3.16. The van der Waals surface area contributed by atoms with Crippen molar-refractivity contribution in [3.05, 3.63) is 35.9 Å². The number of carbonyl (C=O) groups excluding carboxylic acids is 1. The number of aliphatic hydroxyl groups excluding tert-OH is 1. The van der Waals surface area contributed by atoms with E-state index in [0.29, 0.717) is 12.5 Å². The second-order valence-corrected chi connectivity index (χ2v) is 5.24. The quantitative estimate of drug-likeness (QED) is 0.855. The Morgan fingerprint density at radius 1 is 1.37 bits per heavy atom. The van der Waals surface area contributed by atoms with E-state index in [-0.39, 0.29) is 18.6 Å². The zero-order chi connectivity index (χ0) is 13.7. The average molecular weight is 261 g/mol. The van der Waals surface area contributed by atoms with Crippen LogP contribution in [0, 0.1) is 0 Å². The lowest BCUT2D eigenvalue weighted by atomic mass is 10.0. The fourth-order valence-corrected chi connectivity index (χ4v) is 2.94. The van der Waals surface area contributed by atoms with Crippen molar-refractivity contribution < 1.29 is 9.90 Å². The van der Waals surface area contributed by atoms with Gasteiger partial charge in [0, 0.05) is 12.5 Å². The summed E-state index contributed by atoms with van der Waals surface area (Å²) >= 11 is 0. The molecule has 3 heteroatoms. The molecular formula is C16H23NO2. The van der Waals surface area contributed by atoms with E-state index in [0.717, 1.165) is 31.2 Å². The van der Waals surface area contributed by atoms with Crippen molar-refractivity contribution in [3.8, 4) is 0 Å². The van der Waals surface area contributed by atoms with Gasteiger partial charge >= 0.3 is 0 Å². The summed E-state index contributed by atoms with van der Waals surface area (Å²) in [5, 5.41) is 9.71. The Bertz CT molecular complexity index is 404. The first-order valence-corrected chi connectivity index (χ1v) is 7.25. The fourth-order valence-electron chi connectivity index (χ4n) is 2.94. The van der Waals surface area contributed by atoms with E-state index in [1.54, 1.807) is 0 Å². The number of amides is 1. The second kappa shape index (κ2) is 6.71. The van der Waals surface area contributed by atoms with E-state index in [1.165, 1.54) is 0 Å². The van der Waals surface area contributed by atoms with Crippen LogP contribution in [0.25, 0.3) is 0 Å². The highest BCUT2D eigenvalue weighted by atomic mass is 16.3. The van der Waals surface area contributed by atoms with Crippen molar-refractivity contribution in [2.75, 3.05) is 6.61 Å². The largest absolute Gasteiger partial charge is 0.394 e. The number of likely N-dealkylation sites (tertiary alicyclic amines) is 1. The van der Waals surface area contributed by atoms with Crippen molar-refractivity contribution in [2.24, 2.45) is 0 Å². The zero-order valence-electron chi connectivity index (χ0n) is 11.6. The Balaban J connectivity index is 2.17. The summed E-state index contributed by atoms with van der Waals surface area (Å²) in [6, 6.07) is 9.97. The molecule has 1 aliphatic rings. The Hall–Kier alpha value is -1.35.